The Hall–Kier alpha value is -2.69. The summed E-state index contributed by atoms with van der Waals surface area (Å²) >= 11 is 0. The Kier molecular flexibility index (Phi) is 3.41. The van der Waals surface area contributed by atoms with Crippen LogP contribution in [0.4, 0.5) is 4.39 Å². The van der Waals surface area contributed by atoms with Crippen molar-refractivity contribution in [2.45, 2.75) is 12.0 Å². The highest BCUT2D eigenvalue weighted by Crippen LogP contribution is 2.42. The van der Waals surface area contributed by atoms with Crippen LogP contribution in [0.3, 0.4) is 0 Å². The van der Waals surface area contributed by atoms with Gasteiger partial charge in [0.1, 0.15) is 11.7 Å². The van der Waals surface area contributed by atoms with Gasteiger partial charge in [0, 0.05) is 18.2 Å². The number of hydrogen-bond donors (Lipinski definition) is 1. The number of carbonyl (C=O) groups is 2. The molecule has 22 heavy (non-hydrogen) atoms. The van der Waals surface area contributed by atoms with Crippen LogP contribution in [0.25, 0.3) is 0 Å². The van der Waals surface area contributed by atoms with Crippen LogP contribution in [0.5, 0.6) is 0 Å². The second-order valence-electron chi connectivity index (χ2n) is 5.29. The molecule has 0 saturated heterocycles. The molecular weight excluding hydrogens is 285 g/mol. The molecule has 1 N–H and O–H groups in total. The molecule has 0 saturated carbocycles. The number of halogens is 1. The van der Waals surface area contributed by atoms with Crippen LogP contribution >= 0.6 is 0 Å². The molecule has 0 aliphatic carbocycles. The van der Waals surface area contributed by atoms with Crippen LogP contribution in [-0.2, 0) is 4.79 Å². The average molecular weight is 299 g/mol. The van der Waals surface area contributed by atoms with Gasteiger partial charge in [0.2, 0.25) is 0 Å². The van der Waals surface area contributed by atoms with Gasteiger partial charge in [-0.2, -0.15) is 0 Å². The normalized spacial score (nSPS) is 20.6. The maximum Gasteiger partial charge on any atom is 0.313 e. The van der Waals surface area contributed by atoms with Gasteiger partial charge in [0.25, 0.3) is 5.91 Å². The van der Waals surface area contributed by atoms with Crippen molar-refractivity contribution < 1.29 is 19.1 Å². The quantitative estimate of drug-likeness (QED) is 0.927. The van der Waals surface area contributed by atoms with Crippen molar-refractivity contribution in [3.05, 3.63) is 71.0 Å². The molecule has 0 radical (unpaired) electrons. The highest BCUT2D eigenvalue weighted by Gasteiger charge is 2.43. The number of carbonyl (C=O) groups excluding carboxylic acids is 1. The molecule has 1 heterocycles. The highest BCUT2D eigenvalue weighted by atomic mass is 19.1. The Morgan fingerprint density at radius 3 is 2.32 bits per heavy atom. The molecule has 3 rings (SSSR count). The summed E-state index contributed by atoms with van der Waals surface area (Å²) in [6, 6.07) is 11.7. The number of benzene rings is 2. The summed E-state index contributed by atoms with van der Waals surface area (Å²) in [5.74, 6) is -2.91. The van der Waals surface area contributed by atoms with Crippen molar-refractivity contribution in [1.29, 1.82) is 0 Å². The molecule has 2 atom stereocenters. The van der Waals surface area contributed by atoms with Gasteiger partial charge in [-0.25, -0.2) is 4.39 Å². The molecule has 1 amide bonds. The van der Waals surface area contributed by atoms with Gasteiger partial charge in [-0.3, -0.25) is 9.59 Å². The second-order valence-corrected chi connectivity index (χ2v) is 5.29. The van der Waals surface area contributed by atoms with Crippen molar-refractivity contribution in [3.63, 3.8) is 0 Å². The van der Waals surface area contributed by atoms with Crippen LogP contribution in [0, 0.1) is 5.82 Å². The minimum Gasteiger partial charge on any atom is -0.481 e. The minimum atomic E-state index is -1.08. The first-order valence-corrected chi connectivity index (χ1v) is 6.85. The molecule has 0 spiro atoms. The molecule has 0 aromatic heterocycles. The molecule has 1 aliphatic heterocycles. The lowest BCUT2D eigenvalue weighted by molar-refractivity contribution is -0.140. The predicted octanol–water partition coefficient (Wildman–Crippen LogP) is 2.82. The Bertz CT molecular complexity index is 759. The summed E-state index contributed by atoms with van der Waals surface area (Å²) in [4.78, 5) is 25.6. The third-order valence-corrected chi connectivity index (χ3v) is 4.07. The fourth-order valence-electron chi connectivity index (χ4n) is 3.04. The molecule has 5 heteroatoms. The first kappa shape index (κ1) is 14.3. The van der Waals surface area contributed by atoms with Crippen LogP contribution in [0.1, 0.15) is 33.4 Å². The topological polar surface area (TPSA) is 57.6 Å². The number of aliphatic carboxylic acids is 1. The van der Waals surface area contributed by atoms with Crippen molar-refractivity contribution in [1.82, 2.24) is 4.90 Å². The van der Waals surface area contributed by atoms with E-state index in [1.54, 1.807) is 30.3 Å². The largest absolute Gasteiger partial charge is 0.481 e. The molecule has 2 aromatic rings. The minimum absolute atomic E-state index is 0.209. The van der Waals surface area contributed by atoms with Crippen LogP contribution in [-0.4, -0.2) is 28.9 Å². The zero-order chi connectivity index (χ0) is 15.9. The zero-order valence-electron chi connectivity index (χ0n) is 11.9. The molecule has 0 bridgehead atoms. The van der Waals surface area contributed by atoms with Gasteiger partial charge in [0.15, 0.2) is 0 Å². The van der Waals surface area contributed by atoms with E-state index in [1.807, 2.05) is 0 Å². The van der Waals surface area contributed by atoms with Gasteiger partial charge in [0.05, 0.1) is 6.04 Å². The number of likely N-dealkylation sites (N-methyl/N-ethyl adjacent to an activating group) is 1. The van der Waals surface area contributed by atoms with Crippen molar-refractivity contribution in [3.8, 4) is 0 Å². The smallest absolute Gasteiger partial charge is 0.313 e. The average Bonchev–Trinajstić information content (AvgIpc) is 2.51. The lowest BCUT2D eigenvalue weighted by Gasteiger charge is -2.38. The Balaban J connectivity index is 2.24. The lowest BCUT2D eigenvalue weighted by atomic mass is 9.80. The van der Waals surface area contributed by atoms with Gasteiger partial charge in [-0.1, -0.05) is 36.4 Å². The maximum absolute atomic E-state index is 14.2. The number of rotatable bonds is 2. The van der Waals surface area contributed by atoms with E-state index in [9.17, 15) is 19.1 Å². The van der Waals surface area contributed by atoms with Crippen LogP contribution < -0.4 is 0 Å². The summed E-state index contributed by atoms with van der Waals surface area (Å²) in [5.41, 5.74) is 0.983. The van der Waals surface area contributed by atoms with E-state index in [1.165, 1.54) is 30.1 Å². The van der Waals surface area contributed by atoms with Crippen LogP contribution in [0.2, 0.25) is 0 Å². The van der Waals surface area contributed by atoms with Crippen molar-refractivity contribution in [2.75, 3.05) is 7.05 Å². The number of hydrogen-bond acceptors (Lipinski definition) is 2. The van der Waals surface area contributed by atoms with E-state index in [0.29, 0.717) is 11.1 Å². The van der Waals surface area contributed by atoms with E-state index in [4.69, 9.17) is 0 Å². The van der Waals surface area contributed by atoms with Gasteiger partial charge < -0.3 is 10.0 Å². The molecule has 1 aliphatic rings. The van der Waals surface area contributed by atoms with Gasteiger partial charge >= 0.3 is 5.97 Å². The molecule has 0 unspecified atom stereocenters. The number of fused-ring (bicyclic) bond motifs is 1. The molecular formula is C17H14FNO3. The highest BCUT2D eigenvalue weighted by molar-refractivity contribution is 6.00. The first-order chi connectivity index (χ1) is 10.5. The lowest BCUT2D eigenvalue weighted by Crippen LogP contribution is -2.42. The Labute approximate surface area is 126 Å². The fraction of sp³-hybridized carbons (Fsp3) is 0.176. The van der Waals surface area contributed by atoms with Crippen molar-refractivity contribution >= 4 is 11.9 Å². The zero-order valence-corrected chi connectivity index (χ0v) is 11.9. The Morgan fingerprint density at radius 2 is 1.68 bits per heavy atom. The summed E-state index contributed by atoms with van der Waals surface area (Å²) in [7, 11) is 1.51. The maximum atomic E-state index is 14.2. The van der Waals surface area contributed by atoms with Gasteiger partial charge in [-0.05, 0) is 17.7 Å². The third-order valence-electron chi connectivity index (χ3n) is 4.07. The van der Waals surface area contributed by atoms with E-state index >= 15 is 0 Å². The fourth-order valence-corrected chi connectivity index (χ4v) is 3.04. The third kappa shape index (κ3) is 2.06. The van der Waals surface area contributed by atoms with Crippen LogP contribution in [0.15, 0.2) is 48.5 Å². The SMILES string of the molecule is CN1C(=O)c2ccccc2[C@H](C(=O)O)[C@H]1c1ccccc1F. The summed E-state index contributed by atoms with van der Waals surface area (Å²) in [6.07, 6.45) is 0. The summed E-state index contributed by atoms with van der Waals surface area (Å²) in [6.45, 7) is 0. The van der Waals surface area contributed by atoms with E-state index < -0.39 is 23.7 Å². The van der Waals surface area contributed by atoms with E-state index in [-0.39, 0.29) is 11.5 Å². The van der Waals surface area contributed by atoms with Crippen molar-refractivity contribution in [2.24, 2.45) is 0 Å². The number of amides is 1. The van der Waals surface area contributed by atoms with E-state index in [0.717, 1.165) is 0 Å². The molecule has 2 aromatic carbocycles. The standard InChI is InChI=1S/C17H14FNO3/c1-19-15(12-8-4-5-9-13(12)18)14(17(21)22)10-6-2-3-7-11(10)16(19)20/h2-9,14-15H,1H3,(H,21,22)/t14-,15+/m0/s1. The van der Waals surface area contributed by atoms with Gasteiger partial charge in [-0.15, -0.1) is 0 Å². The first-order valence-electron chi connectivity index (χ1n) is 6.85. The Morgan fingerprint density at radius 1 is 1.09 bits per heavy atom. The number of carboxylic acids is 1. The summed E-state index contributed by atoms with van der Waals surface area (Å²) < 4.78 is 14.2. The number of nitrogens with zero attached hydrogens (tertiary/aromatic N) is 1. The van der Waals surface area contributed by atoms with E-state index in [2.05, 4.69) is 0 Å². The molecule has 0 fully saturated rings. The monoisotopic (exact) mass is 299 g/mol. The number of carboxylic acid groups (broad SMARTS) is 1. The second kappa shape index (κ2) is 5.26. The molecule has 112 valence electrons. The summed E-state index contributed by atoms with van der Waals surface area (Å²) in [5, 5.41) is 9.65. The predicted molar refractivity (Wildman–Crippen MR) is 78.1 cm³/mol. The molecule has 4 nitrogen and oxygen atoms in total.